The lowest BCUT2D eigenvalue weighted by molar-refractivity contribution is 0.204. The molecular formula is C11H19N3O4S. The van der Waals surface area contributed by atoms with Crippen LogP contribution in [-0.4, -0.2) is 35.8 Å². The van der Waals surface area contributed by atoms with E-state index in [9.17, 15) is 8.42 Å². The molecule has 0 atom stereocenters. The summed E-state index contributed by atoms with van der Waals surface area (Å²) in [6.07, 6.45) is 0. The first kappa shape index (κ1) is 15.7. The number of anilines is 1. The zero-order chi connectivity index (χ0) is 14.3. The highest BCUT2D eigenvalue weighted by Crippen LogP contribution is 2.21. The smallest absolute Gasteiger partial charge is 0.277 e. The molecule has 1 aromatic carbocycles. The topological polar surface area (TPSA) is 103 Å². The van der Waals surface area contributed by atoms with Crippen LogP contribution < -0.4 is 19.9 Å². The van der Waals surface area contributed by atoms with Gasteiger partial charge in [0, 0.05) is 20.2 Å². The Hall–Kier alpha value is -1.35. The van der Waals surface area contributed by atoms with Crippen molar-refractivity contribution in [3.63, 3.8) is 0 Å². The fourth-order valence-electron chi connectivity index (χ4n) is 1.40. The predicted molar refractivity (Wildman–Crippen MR) is 73.0 cm³/mol. The molecule has 0 aliphatic carbocycles. The Balaban J connectivity index is 2.54. The fourth-order valence-corrected chi connectivity index (χ4v) is 2.21. The number of hydrogen-bond donors (Lipinski definition) is 3. The fraction of sp³-hybridized carbons (Fsp3) is 0.455. The number of ether oxygens (including phenoxy) is 2. The van der Waals surface area contributed by atoms with E-state index in [1.54, 1.807) is 18.2 Å². The second-order valence-corrected chi connectivity index (χ2v) is 5.37. The van der Waals surface area contributed by atoms with Gasteiger partial charge in [0.15, 0.2) is 0 Å². The lowest BCUT2D eigenvalue weighted by Crippen LogP contribution is -2.37. The third-order valence-corrected chi connectivity index (χ3v) is 3.47. The van der Waals surface area contributed by atoms with Crippen LogP contribution in [0.25, 0.3) is 0 Å². The number of benzene rings is 1. The van der Waals surface area contributed by atoms with Gasteiger partial charge in [0.25, 0.3) is 10.2 Å². The minimum Gasteiger partial charge on any atom is -0.495 e. The van der Waals surface area contributed by atoms with Crippen LogP contribution in [0.5, 0.6) is 5.75 Å². The van der Waals surface area contributed by atoms with Crippen molar-refractivity contribution in [2.75, 3.05) is 33.1 Å². The quantitative estimate of drug-likeness (QED) is 0.456. The average Bonchev–Trinajstić information content (AvgIpc) is 2.37. The Morgan fingerprint density at radius 1 is 1.26 bits per heavy atom. The molecule has 0 bridgehead atoms. The Morgan fingerprint density at radius 3 is 2.58 bits per heavy atom. The maximum atomic E-state index is 11.6. The van der Waals surface area contributed by atoms with E-state index in [0.29, 0.717) is 18.0 Å². The standard InChI is InChI=1S/C11H19N3O4S/c1-17-6-5-13-19(15,16)14-8-9-3-4-11(18-2)10(12)7-9/h3-4,7,13-14H,5-6,8,12H2,1-2H3. The van der Waals surface area contributed by atoms with Gasteiger partial charge in [-0.25, -0.2) is 0 Å². The first-order valence-corrected chi connectivity index (χ1v) is 7.12. The summed E-state index contributed by atoms with van der Waals surface area (Å²) in [6, 6.07) is 5.10. The van der Waals surface area contributed by atoms with Crippen LogP contribution in [0.1, 0.15) is 5.56 Å². The third-order valence-electron chi connectivity index (χ3n) is 2.36. The van der Waals surface area contributed by atoms with Crippen LogP contribution in [0.15, 0.2) is 18.2 Å². The van der Waals surface area contributed by atoms with Crippen molar-refractivity contribution < 1.29 is 17.9 Å². The number of nitrogens with one attached hydrogen (secondary N) is 2. The Bertz CT molecular complexity index is 505. The first-order valence-electron chi connectivity index (χ1n) is 5.64. The summed E-state index contributed by atoms with van der Waals surface area (Å²) in [7, 11) is -0.509. The third kappa shape index (κ3) is 5.43. The number of rotatable bonds is 8. The predicted octanol–water partition coefficient (Wildman–Crippen LogP) is -0.152. The van der Waals surface area contributed by atoms with Crippen molar-refractivity contribution in [3.05, 3.63) is 23.8 Å². The van der Waals surface area contributed by atoms with Gasteiger partial charge < -0.3 is 15.2 Å². The van der Waals surface area contributed by atoms with Gasteiger partial charge in [0.1, 0.15) is 5.75 Å². The van der Waals surface area contributed by atoms with E-state index in [0.717, 1.165) is 5.56 Å². The summed E-state index contributed by atoms with van der Waals surface area (Å²) in [5, 5.41) is 0. The highest BCUT2D eigenvalue weighted by molar-refractivity contribution is 7.87. The summed E-state index contributed by atoms with van der Waals surface area (Å²) >= 11 is 0. The lowest BCUT2D eigenvalue weighted by Gasteiger charge is -2.09. The van der Waals surface area contributed by atoms with Gasteiger partial charge in [0.05, 0.1) is 19.4 Å². The van der Waals surface area contributed by atoms with Crippen LogP contribution in [-0.2, 0) is 21.5 Å². The van der Waals surface area contributed by atoms with Crippen LogP contribution in [0.4, 0.5) is 5.69 Å². The van der Waals surface area contributed by atoms with Gasteiger partial charge in [-0.3, -0.25) is 0 Å². The molecule has 0 aliphatic heterocycles. The average molecular weight is 289 g/mol. The normalized spacial score (nSPS) is 11.5. The van der Waals surface area contributed by atoms with Crippen molar-refractivity contribution >= 4 is 15.9 Å². The molecule has 0 spiro atoms. The Morgan fingerprint density at radius 2 is 2.00 bits per heavy atom. The summed E-state index contributed by atoms with van der Waals surface area (Å²) < 4.78 is 37.6. The van der Waals surface area contributed by atoms with Gasteiger partial charge in [-0.2, -0.15) is 17.9 Å². The minimum atomic E-state index is -3.53. The molecule has 0 saturated carbocycles. The van der Waals surface area contributed by atoms with Gasteiger partial charge in [0.2, 0.25) is 0 Å². The second kappa shape index (κ2) is 7.29. The molecular weight excluding hydrogens is 270 g/mol. The summed E-state index contributed by atoms with van der Waals surface area (Å²) in [5.41, 5.74) is 6.95. The zero-order valence-corrected chi connectivity index (χ0v) is 11.8. The highest BCUT2D eigenvalue weighted by atomic mass is 32.2. The van der Waals surface area contributed by atoms with Crippen molar-refractivity contribution in [1.82, 2.24) is 9.44 Å². The van der Waals surface area contributed by atoms with Gasteiger partial charge >= 0.3 is 0 Å². The number of methoxy groups -OCH3 is 2. The second-order valence-electron chi connectivity index (χ2n) is 3.79. The molecule has 1 rings (SSSR count). The Kier molecular flexibility index (Phi) is 6.03. The summed E-state index contributed by atoms with van der Waals surface area (Å²) in [6.45, 7) is 0.684. The number of nitrogen functional groups attached to an aromatic ring is 1. The van der Waals surface area contributed by atoms with Crippen molar-refractivity contribution in [2.24, 2.45) is 0 Å². The summed E-state index contributed by atoms with van der Waals surface area (Å²) in [4.78, 5) is 0. The van der Waals surface area contributed by atoms with E-state index in [2.05, 4.69) is 9.44 Å². The maximum Gasteiger partial charge on any atom is 0.277 e. The largest absolute Gasteiger partial charge is 0.495 e. The van der Waals surface area contributed by atoms with Gasteiger partial charge in [-0.1, -0.05) is 6.07 Å². The molecule has 0 unspecified atom stereocenters. The Labute approximate surface area is 113 Å². The highest BCUT2D eigenvalue weighted by Gasteiger charge is 2.09. The maximum absolute atomic E-state index is 11.6. The van der Waals surface area contributed by atoms with E-state index >= 15 is 0 Å². The molecule has 0 amide bonds. The molecule has 4 N–H and O–H groups in total. The van der Waals surface area contributed by atoms with E-state index in [1.807, 2.05) is 0 Å². The molecule has 0 aromatic heterocycles. The molecule has 19 heavy (non-hydrogen) atoms. The molecule has 0 heterocycles. The SMILES string of the molecule is COCCNS(=O)(=O)NCc1ccc(OC)c(N)c1. The lowest BCUT2D eigenvalue weighted by atomic mass is 10.2. The van der Waals surface area contributed by atoms with Crippen LogP contribution in [0.3, 0.4) is 0 Å². The monoisotopic (exact) mass is 289 g/mol. The molecule has 7 nitrogen and oxygen atoms in total. The van der Waals surface area contributed by atoms with Crippen LogP contribution in [0, 0.1) is 0 Å². The van der Waals surface area contributed by atoms with Crippen molar-refractivity contribution in [1.29, 1.82) is 0 Å². The summed E-state index contributed by atoms with van der Waals surface area (Å²) in [5.74, 6) is 0.560. The van der Waals surface area contributed by atoms with Crippen LogP contribution >= 0.6 is 0 Å². The molecule has 0 saturated heterocycles. The molecule has 108 valence electrons. The first-order chi connectivity index (χ1) is 8.98. The molecule has 8 heteroatoms. The minimum absolute atomic E-state index is 0.149. The van der Waals surface area contributed by atoms with Gasteiger partial charge in [-0.15, -0.1) is 0 Å². The van der Waals surface area contributed by atoms with E-state index in [4.69, 9.17) is 15.2 Å². The van der Waals surface area contributed by atoms with E-state index < -0.39 is 10.2 Å². The van der Waals surface area contributed by atoms with Gasteiger partial charge in [-0.05, 0) is 17.7 Å². The molecule has 0 aliphatic rings. The number of hydrogen-bond acceptors (Lipinski definition) is 5. The van der Waals surface area contributed by atoms with Crippen molar-refractivity contribution in [2.45, 2.75) is 6.54 Å². The number of nitrogens with two attached hydrogens (primary N) is 1. The van der Waals surface area contributed by atoms with Crippen LogP contribution in [0.2, 0.25) is 0 Å². The van der Waals surface area contributed by atoms with E-state index in [-0.39, 0.29) is 13.1 Å². The zero-order valence-electron chi connectivity index (χ0n) is 11.0. The molecule has 0 fully saturated rings. The molecule has 1 aromatic rings. The molecule has 0 radical (unpaired) electrons. The van der Waals surface area contributed by atoms with Crippen molar-refractivity contribution in [3.8, 4) is 5.75 Å². The van der Waals surface area contributed by atoms with E-state index in [1.165, 1.54) is 14.2 Å².